The topological polar surface area (TPSA) is 77.7 Å². The normalized spacial score (nSPS) is 41.9. The highest BCUT2D eigenvalue weighted by atomic mass is 16.6. The first kappa shape index (κ1) is 13.3. The van der Waals surface area contributed by atoms with Gasteiger partial charge >= 0.3 is 11.9 Å². The molecule has 0 spiro atoms. The Morgan fingerprint density at radius 3 is 1.71 bits per heavy atom. The van der Waals surface area contributed by atoms with Crippen molar-refractivity contribution in [2.45, 2.75) is 18.6 Å². The van der Waals surface area contributed by atoms with E-state index in [1.807, 2.05) is 12.2 Å². The van der Waals surface area contributed by atoms with Crippen LogP contribution in [0.1, 0.15) is 6.42 Å². The van der Waals surface area contributed by atoms with Crippen molar-refractivity contribution in [1.29, 1.82) is 0 Å². The molecule has 0 aromatic rings. The third-order valence-electron chi connectivity index (χ3n) is 4.63. The van der Waals surface area contributed by atoms with Crippen molar-refractivity contribution in [3.63, 3.8) is 0 Å². The smallest absolute Gasteiger partial charge is 0.310 e. The Morgan fingerprint density at radius 1 is 0.905 bits per heavy atom. The number of esters is 2. The van der Waals surface area contributed by atoms with E-state index in [-0.39, 0.29) is 49.2 Å². The van der Waals surface area contributed by atoms with Gasteiger partial charge in [-0.25, -0.2) is 0 Å². The number of ether oxygens (including phenoxy) is 4. The minimum atomic E-state index is -0.411. The number of fused-ring (bicyclic) bond motifs is 2. The number of carbonyl (C=O) groups excluding carboxylic acids is 2. The fourth-order valence-corrected chi connectivity index (χ4v) is 3.34. The Balaban J connectivity index is 1.40. The van der Waals surface area contributed by atoms with Gasteiger partial charge in [0, 0.05) is 0 Å². The van der Waals surface area contributed by atoms with Gasteiger partial charge in [0.2, 0.25) is 0 Å². The van der Waals surface area contributed by atoms with Crippen molar-refractivity contribution in [3.05, 3.63) is 12.2 Å². The third-order valence-corrected chi connectivity index (χ3v) is 4.63. The molecule has 1 saturated carbocycles. The van der Waals surface area contributed by atoms with Gasteiger partial charge in [-0.05, 0) is 18.3 Å². The third kappa shape index (κ3) is 2.70. The molecule has 0 aromatic carbocycles. The summed E-state index contributed by atoms with van der Waals surface area (Å²) in [5.74, 6) is -1.23. The van der Waals surface area contributed by atoms with Crippen LogP contribution in [0.2, 0.25) is 0 Å². The van der Waals surface area contributed by atoms with Gasteiger partial charge in [0.05, 0.1) is 25.0 Å². The molecular weight excluding hydrogens is 276 g/mol. The molecule has 0 amide bonds. The van der Waals surface area contributed by atoms with Crippen molar-refractivity contribution in [2.24, 2.45) is 23.7 Å². The summed E-state index contributed by atoms with van der Waals surface area (Å²) in [6.07, 6.45) is 4.97. The monoisotopic (exact) mass is 294 g/mol. The van der Waals surface area contributed by atoms with Crippen LogP contribution in [-0.2, 0) is 28.5 Å². The summed E-state index contributed by atoms with van der Waals surface area (Å²) < 4.78 is 20.6. The minimum Gasteiger partial charge on any atom is -0.463 e. The molecule has 114 valence electrons. The Hall–Kier alpha value is -1.40. The second kappa shape index (κ2) is 5.10. The molecule has 6 atom stereocenters. The van der Waals surface area contributed by atoms with Crippen LogP contribution in [0, 0.1) is 23.7 Å². The lowest BCUT2D eigenvalue weighted by atomic mass is 9.83. The van der Waals surface area contributed by atoms with Crippen LogP contribution in [-0.4, -0.2) is 50.6 Å². The molecule has 0 N–H and O–H groups in total. The van der Waals surface area contributed by atoms with Crippen LogP contribution in [0.4, 0.5) is 0 Å². The first-order valence-corrected chi connectivity index (χ1v) is 7.47. The molecule has 4 aliphatic rings. The van der Waals surface area contributed by atoms with E-state index >= 15 is 0 Å². The van der Waals surface area contributed by atoms with Gasteiger partial charge in [0.1, 0.15) is 25.4 Å². The summed E-state index contributed by atoms with van der Waals surface area (Å²) in [7, 11) is 0. The fraction of sp³-hybridized carbons (Fsp3) is 0.733. The molecule has 2 aliphatic carbocycles. The molecule has 3 fully saturated rings. The molecule has 6 nitrogen and oxygen atoms in total. The predicted octanol–water partition coefficient (Wildman–Crippen LogP) is 0.309. The maximum atomic E-state index is 12.3. The zero-order valence-corrected chi connectivity index (χ0v) is 11.6. The van der Waals surface area contributed by atoms with E-state index in [4.69, 9.17) is 18.9 Å². The van der Waals surface area contributed by atoms with Gasteiger partial charge in [-0.15, -0.1) is 0 Å². The number of allylic oxidation sites excluding steroid dienone is 2. The van der Waals surface area contributed by atoms with E-state index in [1.54, 1.807) is 0 Å². The first-order chi connectivity index (χ1) is 10.2. The van der Waals surface area contributed by atoms with Crippen molar-refractivity contribution in [2.75, 3.05) is 26.4 Å². The first-order valence-electron chi connectivity index (χ1n) is 7.47. The van der Waals surface area contributed by atoms with Crippen LogP contribution in [0.25, 0.3) is 0 Å². The van der Waals surface area contributed by atoms with Crippen molar-refractivity contribution < 1.29 is 28.5 Å². The van der Waals surface area contributed by atoms with Gasteiger partial charge < -0.3 is 18.9 Å². The lowest BCUT2D eigenvalue weighted by molar-refractivity contribution is -0.162. The average Bonchev–Trinajstić information content (AvgIpc) is 3.41. The number of epoxide rings is 2. The lowest BCUT2D eigenvalue weighted by Crippen LogP contribution is -2.36. The molecule has 2 aliphatic heterocycles. The van der Waals surface area contributed by atoms with Crippen LogP contribution in [0.3, 0.4) is 0 Å². The Morgan fingerprint density at radius 2 is 1.33 bits per heavy atom. The van der Waals surface area contributed by atoms with E-state index < -0.39 is 11.8 Å². The van der Waals surface area contributed by atoms with Crippen LogP contribution < -0.4 is 0 Å². The minimum absolute atomic E-state index is 0.0421. The van der Waals surface area contributed by atoms with E-state index in [0.717, 1.165) is 6.42 Å². The number of hydrogen-bond acceptors (Lipinski definition) is 6. The maximum Gasteiger partial charge on any atom is 0.310 e. The van der Waals surface area contributed by atoms with Gasteiger partial charge in [-0.1, -0.05) is 12.2 Å². The Bertz CT molecular complexity index is 437. The van der Waals surface area contributed by atoms with Crippen molar-refractivity contribution in [3.8, 4) is 0 Å². The molecule has 0 aromatic heterocycles. The molecule has 4 rings (SSSR count). The molecule has 2 heterocycles. The summed E-state index contributed by atoms with van der Waals surface area (Å²) in [5.41, 5.74) is 0. The summed E-state index contributed by atoms with van der Waals surface area (Å²) in [6, 6.07) is 0. The van der Waals surface area contributed by atoms with Gasteiger partial charge in [0.15, 0.2) is 0 Å². The highest BCUT2D eigenvalue weighted by Crippen LogP contribution is 2.49. The van der Waals surface area contributed by atoms with Gasteiger partial charge in [-0.3, -0.25) is 9.59 Å². The maximum absolute atomic E-state index is 12.3. The van der Waals surface area contributed by atoms with Crippen molar-refractivity contribution >= 4 is 11.9 Å². The average molecular weight is 294 g/mol. The fourth-order valence-electron chi connectivity index (χ4n) is 3.34. The molecule has 0 radical (unpaired) electrons. The Kier molecular flexibility index (Phi) is 3.23. The highest BCUT2D eigenvalue weighted by Gasteiger charge is 2.53. The van der Waals surface area contributed by atoms with E-state index in [2.05, 4.69) is 0 Å². The van der Waals surface area contributed by atoms with Crippen LogP contribution >= 0.6 is 0 Å². The Labute approximate surface area is 122 Å². The molecular formula is C15H18O6. The van der Waals surface area contributed by atoms with E-state index in [0.29, 0.717) is 13.2 Å². The SMILES string of the molecule is O=C(OCC1CO1)C1C(C(=O)OCC2CO2)[C@H]2C=C[C@@H]1C2. The van der Waals surface area contributed by atoms with Gasteiger partial charge in [0.25, 0.3) is 0 Å². The largest absolute Gasteiger partial charge is 0.463 e. The standard InChI is InChI=1S/C15H18O6/c16-14(20-6-10-4-18-10)12-8-1-2-9(3-8)13(12)15(17)21-7-11-5-19-11/h1-2,8-13H,3-7H2/t8-,9+,10?,11?,12?,13?. The van der Waals surface area contributed by atoms with Crippen molar-refractivity contribution in [1.82, 2.24) is 0 Å². The zero-order valence-electron chi connectivity index (χ0n) is 11.6. The van der Waals surface area contributed by atoms with Crippen LogP contribution in [0.15, 0.2) is 12.2 Å². The summed E-state index contributed by atoms with van der Waals surface area (Å²) in [6.45, 7) is 1.87. The zero-order chi connectivity index (χ0) is 14.4. The highest BCUT2D eigenvalue weighted by molar-refractivity contribution is 5.84. The number of carbonyl (C=O) groups is 2. The second-order valence-electron chi connectivity index (χ2n) is 6.17. The second-order valence-corrected chi connectivity index (χ2v) is 6.17. The molecule has 2 bridgehead atoms. The van der Waals surface area contributed by atoms with Gasteiger partial charge in [-0.2, -0.15) is 0 Å². The van der Waals surface area contributed by atoms with E-state index in [9.17, 15) is 9.59 Å². The number of rotatable bonds is 6. The quantitative estimate of drug-likeness (QED) is 0.398. The molecule has 21 heavy (non-hydrogen) atoms. The number of hydrogen-bond donors (Lipinski definition) is 0. The summed E-state index contributed by atoms with van der Waals surface area (Å²) in [4.78, 5) is 24.6. The summed E-state index contributed by atoms with van der Waals surface area (Å²) in [5, 5.41) is 0. The molecule has 2 saturated heterocycles. The molecule has 6 heteroatoms. The predicted molar refractivity (Wildman–Crippen MR) is 69.1 cm³/mol. The lowest BCUT2D eigenvalue weighted by Gasteiger charge is -2.24. The summed E-state index contributed by atoms with van der Waals surface area (Å²) >= 11 is 0. The van der Waals surface area contributed by atoms with E-state index in [1.165, 1.54) is 0 Å². The molecule has 4 unspecified atom stereocenters. The van der Waals surface area contributed by atoms with Crippen LogP contribution in [0.5, 0.6) is 0 Å².